The first-order valence-electron chi connectivity index (χ1n) is 7.94. The fraction of sp³-hybridized carbons (Fsp3) is 1.00. The number of quaternary nitrogens is 2. The number of rotatable bonds is 14. The van der Waals surface area contributed by atoms with Gasteiger partial charge in [-0.25, -0.2) is 0 Å². The van der Waals surface area contributed by atoms with Crippen molar-refractivity contribution in [2.75, 3.05) is 97.0 Å². The van der Waals surface area contributed by atoms with Crippen LogP contribution in [0.5, 0.6) is 0 Å². The molecule has 0 fully saturated rings. The second-order valence-corrected chi connectivity index (χ2v) is 8.15. The summed E-state index contributed by atoms with van der Waals surface area (Å²) in [5.41, 5.74) is 0. The Morgan fingerprint density at radius 1 is 0.591 bits per heavy atom. The molecule has 0 aliphatic carbocycles. The molecule has 0 aromatic carbocycles. The van der Waals surface area contributed by atoms with E-state index in [0.717, 1.165) is 61.3 Å². The number of alkyl halides is 4. The number of halogens is 4. The van der Waals surface area contributed by atoms with Crippen molar-refractivity contribution in [1.29, 1.82) is 0 Å². The molecule has 134 valence electrons. The molecule has 3 nitrogen and oxygen atoms in total. The molecule has 0 aromatic rings. The van der Waals surface area contributed by atoms with Crippen molar-refractivity contribution in [2.45, 2.75) is 0 Å². The van der Waals surface area contributed by atoms with Gasteiger partial charge in [0.2, 0.25) is 0 Å². The molecule has 0 heterocycles. The smallest absolute Gasteiger partial charge is 0.0922 e. The van der Waals surface area contributed by atoms with E-state index < -0.39 is 0 Å². The lowest BCUT2D eigenvalue weighted by Crippen LogP contribution is -2.53. The maximum Gasteiger partial charge on any atom is 0.0922 e. The lowest BCUT2D eigenvalue weighted by Gasteiger charge is -2.37. The van der Waals surface area contributed by atoms with Crippen molar-refractivity contribution in [3.05, 3.63) is 0 Å². The van der Waals surface area contributed by atoms with E-state index in [1.54, 1.807) is 0 Å². The van der Waals surface area contributed by atoms with Crippen LogP contribution in [0.2, 0.25) is 0 Å². The van der Waals surface area contributed by atoms with E-state index in [0.29, 0.717) is 23.5 Å². The first kappa shape index (κ1) is 23.0. The normalized spacial score (nSPS) is 13.1. The Labute approximate surface area is 157 Å². The lowest BCUT2D eigenvalue weighted by molar-refractivity contribution is -0.907. The Balaban J connectivity index is 4.28. The van der Waals surface area contributed by atoms with Crippen LogP contribution in [-0.2, 0) is 0 Å². The Hall–Kier alpha value is 1.04. The molecule has 0 amide bonds. The van der Waals surface area contributed by atoms with Crippen molar-refractivity contribution in [3.63, 3.8) is 0 Å². The quantitative estimate of drug-likeness (QED) is 0.322. The van der Waals surface area contributed by atoms with E-state index >= 15 is 0 Å². The zero-order valence-corrected chi connectivity index (χ0v) is 17.4. The van der Waals surface area contributed by atoms with Gasteiger partial charge in [0.25, 0.3) is 0 Å². The van der Waals surface area contributed by atoms with Crippen LogP contribution in [0.15, 0.2) is 0 Å². The third-order valence-electron chi connectivity index (χ3n) is 4.54. The van der Waals surface area contributed by atoms with Crippen molar-refractivity contribution in [3.8, 4) is 0 Å². The largest absolute Gasteiger partial charge is 0.323 e. The van der Waals surface area contributed by atoms with Crippen molar-refractivity contribution < 1.29 is 8.97 Å². The molecule has 0 rings (SSSR count). The molecule has 0 radical (unpaired) electrons. The Morgan fingerprint density at radius 2 is 0.864 bits per heavy atom. The summed E-state index contributed by atoms with van der Waals surface area (Å²) in [7, 11) is 6.65. The summed E-state index contributed by atoms with van der Waals surface area (Å²) in [5.74, 6) is 2.71. The van der Waals surface area contributed by atoms with Gasteiger partial charge < -0.3 is 8.97 Å². The van der Waals surface area contributed by atoms with Crippen molar-refractivity contribution in [2.24, 2.45) is 0 Å². The minimum atomic E-state index is 0.678. The maximum absolute atomic E-state index is 5.93. The lowest BCUT2D eigenvalue weighted by atomic mass is 10.3. The van der Waals surface area contributed by atoms with Gasteiger partial charge in [-0.1, -0.05) is 0 Å². The fourth-order valence-electron chi connectivity index (χ4n) is 2.42. The van der Waals surface area contributed by atoms with Crippen LogP contribution in [0.4, 0.5) is 0 Å². The fourth-order valence-corrected chi connectivity index (χ4v) is 4.06. The highest BCUT2D eigenvalue weighted by Gasteiger charge is 2.23. The molecule has 7 heteroatoms. The molecular weight excluding hydrogens is 364 g/mol. The van der Waals surface area contributed by atoms with Gasteiger partial charge >= 0.3 is 0 Å². The second-order valence-electron chi connectivity index (χ2n) is 6.64. The van der Waals surface area contributed by atoms with Gasteiger partial charge in [0.05, 0.1) is 76.9 Å². The topological polar surface area (TPSA) is 3.24 Å². The van der Waals surface area contributed by atoms with Gasteiger partial charge in [0.1, 0.15) is 0 Å². The van der Waals surface area contributed by atoms with Crippen molar-refractivity contribution >= 4 is 46.4 Å². The highest BCUT2D eigenvalue weighted by molar-refractivity contribution is 6.18. The minimum absolute atomic E-state index is 0.678. The third kappa shape index (κ3) is 10.0. The second kappa shape index (κ2) is 12.4. The van der Waals surface area contributed by atoms with E-state index in [9.17, 15) is 0 Å². The number of hydrogen-bond acceptors (Lipinski definition) is 1. The molecule has 0 N–H and O–H groups in total. The van der Waals surface area contributed by atoms with Gasteiger partial charge in [0, 0.05) is 13.1 Å². The van der Waals surface area contributed by atoms with Gasteiger partial charge in [-0.2, -0.15) is 0 Å². The van der Waals surface area contributed by atoms with Crippen LogP contribution >= 0.6 is 46.4 Å². The summed E-state index contributed by atoms with van der Waals surface area (Å²) in [6.07, 6.45) is 0. The minimum Gasteiger partial charge on any atom is -0.323 e. The van der Waals surface area contributed by atoms with Crippen LogP contribution in [0.3, 0.4) is 0 Å². The number of nitrogens with zero attached hydrogens (tertiary/aromatic N) is 3. The van der Waals surface area contributed by atoms with E-state index in [1.807, 2.05) is 0 Å². The Morgan fingerprint density at radius 3 is 1.09 bits per heavy atom. The standard InChI is InChI=1S/C15H33Cl4N3/c1-20(8-14-21(2,10-4-16)11-5-17)9-15-22(3,12-6-18)13-7-19/h4-15H2,1-3H3/q+2. The van der Waals surface area contributed by atoms with E-state index in [4.69, 9.17) is 46.4 Å². The molecule has 0 spiro atoms. The number of hydrogen-bond donors (Lipinski definition) is 0. The predicted molar refractivity (Wildman–Crippen MR) is 102 cm³/mol. The first-order valence-corrected chi connectivity index (χ1v) is 10.1. The summed E-state index contributed by atoms with van der Waals surface area (Å²) in [6.45, 7) is 8.11. The predicted octanol–water partition coefficient (Wildman–Crippen LogP) is 2.77. The summed E-state index contributed by atoms with van der Waals surface area (Å²) in [4.78, 5) is 2.39. The molecule has 0 aliphatic rings. The first-order chi connectivity index (χ1) is 10.3. The zero-order valence-electron chi connectivity index (χ0n) is 14.3. The van der Waals surface area contributed by atoms with Crippen LogP contribution in [0, 0.1) is 0 Å². The van der Waals surface area contributed by atoms with Crippen LogP contribution in [0.1, 0.15) is 0 Å². The van der Waals surface area contributed by atoms with Gasteiger partial charge in [-0.05, 0) is 7.05 Å². The molecule has 0 atom stereocenters. The van der Waals surface area contributed by atoms with Crippen LogP contribution in [0.25, 0.3) is 0 Å². The molecule has 0 bridgehead atoms. The molecular formula is C15H33Cl4N3+2. The van der Waals surface area contributed by atoms with Gasteiger partial charge in [-0.3, -0.25) is 4.90 Å². The average Bonchev–Trinajstić information content (AvgIpc) is 2.44. The molecule has 22 heavy (non-hydrogen) atoms. The summed E-state index contributed by atoms with van der Waals surface area (Å²) < 4.78 is 1.87. The van der Waals surface area contributed by atoms with Gasteiger partial charge in [-0.15, -0.1) is 46.4 Å². The Kier molecular flexibility index (Phi) is 13.0. The Bertz CT molecular complexity index is 242. The zero-order chi connectivity index (χ0) is 17.1. The average molecular weight is 397 g/mol. The SMILES string of the molecule is CN(CC[N+](C)(CCCl)CCCl)CC[N+](C)(CCCl)CCCl. The monoisotopic (exact) mass is 395 g/mol. The molecule has 0 saturated carbocycles. The van der Waals surface area contributed by atoms with Gasteiger partial charge in [0.15, 0.2) is 0 Å². The highest BCUT2D eigenvalue weighted by Crippen LogP contribution is 2.07. The van der Waals surface area contributed by atoms with Crippen LogP contribution < -0.4 is 0 Å². The van der Waals surface area contributed by atoms with E-state index in [-0.39, 0.29) is 0 Å². The molecule has 0 unspecified atom stereocenters. The van der Waals surface area contributed by atoms with E-state index in [1.165, 1.54) is 0 Å². The summed E-state index contributed by atoms with van der Waals surface area (Å²) in [6, 6.07) is 0. The van der Waals surface area contributed by atoms with Crippen molar-refractivity contribution in [1.82, 2.24) is 4.90 Å². The molecule has 0 aromatic heterocycles. The molecule has 0 aliphatic heterocycles. The van der Waals surface area contributed by atoms with Crippen LogP contribution in [-0.4, -0.2) is 111 Å². The maximum atomic E-state index is 5.93. The summed E-state index contributed by atoms with van der Waals surface area (Å²) in [5, 5.41) is 0. The molecule has 0 saturated heterocycles. The van der Waals surface area contributed by atoms with E-state index in [2.05, 4.69) is 26.0 Å². The highest BCUT2D eigenvalue weighted by atomic mass is 35.5. The number of likely N-dealkylation sites (N-methyl/N-ethyl adjacent to an activating group) is 3. The summed E-state index contributed by atoms with van der Waals surface area (Å²) >= 11 is 23.7. The third-order valence-corrected chi connectivity index (χ3v) is 5.22.